The Balaban J connectivity index is 1.58. The lowest BCUT2D eigenvalue weighted by Crippen LogP contribution is -2.56. The zero-order chi connectivity index (χ0) is 27.6. The number of hydrogen-bond acceptors (Lipinski definition) is 10. The lowest BCUT2D eigenvalue weighted by molar-refractivity contribution is -0.249. The van der Waals surface area contributed by atoms with Crippen LogP contribution in [0.5, 0.6) is 17.2 Å². The zero-order valence-corrected chi connectivity index (χ0v) is 20.4. The molecule has 7 N–H and O–H groups in total. The molecule has 0 bridgehead atoms. The van der Waals surface area contributed by atoms with E-state index in [2.05, 4.69) is 10.3 Å². The Hall–Kier alpha value is -4.40. The Bertz CT molecular complexity index is 1960. The summed E-state index contributed by atoms with van der Waals surface area (Å²) < 4.78 is 18.6. The van der Waals surface area contributed by atoms with Crippen LogP contribution in [0.25, 0.3) is 43.6 Å². The Labute approximate surface area is 222 Å². The Morgan fingerprint density at radius 3 is 2.38 bits per heavy atom. The fraction of sp³-hybridized carbons (Fsp3) is 0.259. The lowest BCUT2D eigenvalue weighted by atomic mass is 9.96. The van der Waals surface area contributed by atoms with Gasteiger partial charge in [-0.15, -0.1) is 0 Å². The van der Waals surface area contributed by atoms with Crippen molar-refractivity contribution in [3.8, 4) is 17.2 Å². The molecule has 1 unspecified atom stereocenters. The molecule has 3 aliphatic heterocycles. The summed E-state index contributed by atoms with van der Waals surface area (Å²) in [7, 11) is 0. The first-order valence-corrected chi connectivity index (χ1v) is 12.5. The smallest absolute Gasteiger partial charge is 0.259 e. The molecule has 0 radical (unpaired) electrons. The fourth-order valence-electron chi connectivity index (χ4n) is 6.31. The summed E-state index contributed by atoms with van der Waals surface area (Å²) in [4.78, 5) is 29.8. The van der Waals surface area contributed by atoms with Gasteiger partial charge in [-0.05, 0) is 24.3 Å². The third kappa shape index (κ3) is 2.82. The van der Waals surface area contributed by atoms with Gasteiger partial charge in [0.15, 0.2) is 17.7 Å². The maximum atomic E-state index is 13.3. The molecule has 0 saturated carbocycles. The van der Waals surface area contributed by atoms with Gasteiger partial charge in [0.05, 0.1) is 39.8 Å². The van der Waals surface area contributed by atoms with E-state index in [0.717, 1.165) is 0 Å². The Morgan fingerprint density at radius 1 is 0.900 bits per heavy atom. The summed E-state index contributed by atoms with van der Waals surface area (Å²) in [5.74, 6) is -0.392. The van der Waals surface area contributed by atoms with E-state index in [-0.39, 0.29) is 23.7 Å². The number of phenols is 1. The molecule has 3 aliphatic rings. The number of amides is 2. The number of nitrogens with zero attached hydrogens (tertiary/aromatic N) is 1. The van der Waals surface area contributed by atoms with Crippen molar-refractivity contribution in [3.63, 3.8) is 0 Å². The van der Waals surface area contributed by atoms with Crippen molar-refractivity contribution in [2.45, 2.75) is 30.6 Å². The van der Waals surface area contributed by atoms with Crippen LogP contribution in [0.15, 0.2) is 30.3 Å². The summed E-state index contributed by atoms with van der Waals surface area (Å²) in [5.41, 5.74) is 1.92. The number of H-pyrrole nitrogens is 1. The molecule has 3 aromatic carbocycles. The number of aliphatic hydroxyl groups is 4. The van der Waals surface area contributed by atoms with E-state index in [1.165, 1.54) is 12.1 Å². The van der Waals surface area contributed by atoms with Gasteiger partial charge >= 0.3 is 0 Å². The van der Waals surface area contributed by atoms with Crippen LogP contribution in [0, 0.1) is 0 Å². The molecule has 0 aliphatic carbocycles. The summed E-state index contributed by atoms with van der Waals surface area (Å²) in [6, 6.07) is 7.83. The summed E-state index contributed by atoms with van der Waals surface area (Å²) in [6.45, 7) is -0.602. The van der Waals surface area contributed by atoms with E-state index < -0.39 is 49.1 Å². The van der Waals surface area contributed by atoms with E-state index >= 15 is 0 Å². The molecule has 2 aromatic heterocycles. The van der Waals surface area contributed by atoms with Crippen molar-refractivity contribution < 1.29 is 49.3 Å². The van der Waals surface area contributed by atoms with Crippen LogP contribution >= 0.6 is 0 Å². The van der Waals surface area contributed by atoms with Gasteiger partial charge in [-0.1, -0.05) is 0 Å². The minimum atomic E-state index is -1.67. The van der Waals surface area contributed by atoms with E-state index in [0.29, 0.717) is 55.1 Å². The number of hydrogen-bond donors (Lipinski definition) is 7. The second-order valence-corrected chi connectivity index (χ2v) is 10.2. The van der Waals surface area contributed by atoms with Gasteiger partial charge < -0.3 is 49.3 Å². The van der Waals surface area contributed by atoms with Crippen LogP contribution in [-0.4, -0.2) is 84.7 Å². The molecule has 13 nitrogen and oxygen atoms in total. The van der Waals surface area contributed by atoms with E-state index in [9.17, 15) is 35.1 Å². The van der Waals surface area contributed by atoms with Crippen molar-refractivity contribution in [2.75, 3.05) is 13.4 Å². The molecule has 8 rings (SSSR count). The first kappa shape index (κ1) is 23.5. The number of carbonyl (C=O) groups is 2. The van der Waals surface area contributed by atoms with Crippen molar-refractivity contribution in [2.24, 2.45) is 0 Å². The van der Waals surface area contributed by atoms with Gasteiger partial charge in [-0.3, -0.25) is 14.9 Å². The molecule has 204 valence electrons. The SMILES string of the molecule is O=C1NC(=O)c2c1c1c3cc4c(cc3[nH]c1c1c2c2cc(O)ccc2n1C1O[C@H](CO)[C@@H](O)[C@H](O)[C@H]1O)OCO4. The number of aromatic amines is 1. The Kier molecular flexibility index (Phi) is 4.60. The fourth-order valence-corrected chi connectivity index (χ4v) is 6.31. The third-order valence-electron chi connectivity index (χ3n) is 8.07. The predicted octanol–water partition coefficient (Wildman–Crippen LogP) is 0.719. The highest BCUT2D eigenvalue weighted by Gasteiger charge is 2.46. The number of benzene rings is 3. The molecule has 1 saturated heterocycles. The summed E-state index contributed by atoms with van der Waals surface area (Å²) in [6.07, 6.45) is -7.46. The molecule has 2 amide bonds. The lowest BCUT2D eigenvalue weighted by Gasteiger charge is -2.41. The van der Waals surface area contributed by atoms with E-state index in [1.807, 2.05) is 0 Å². The topological polar surface area (TPSA) is 196 Å². The normalized spacial score (nSPS) is 25.9. The van der Waals surface area contributed by atoms with Crippen molar-refractivity contribution in [1.82, 2.24) is 14.9 Å². The number of carbonyl (C=O) groups excluding carboxylic acids is 2. The van der Waals surface area contributed by atoms with Crippen LogP contribution in [0.2, 0.25) is 0 Å². The van der Waals surface area contributed by atoms with Crippen molar-refractivity contribution >= 4 is 55.4 Å². The van der Waals surface area contributed by atoms with Crippen LogP contribution in [0.3, 0.4) is 0 Å². The number of aliphatic hydroxyl groups excluding tert-OH is 4. The summed E-state index contributed by atoms with van der Waals surface area (Å²) >= 11 is 0. The molecule has 40 heavy (non-hydrogen) atoms. The van der Waals surface area contributed by atoms with Crippen molar-refractivity contribution in [1.29, 1.82) is 0 Å². The molecule has 5 heterocycles. The number of aromatic hydroxyl groups is 1. The highest BCUT2D eigenvalue weighted by Crippen LogP contribution is 2.48. The first-order valence-electron chi connectivity index (χ1n) is 12.5. The second kappa shape index (κ2) is 7.84. The van der Waals surface area contributed by atoms with Gasteiger partial charge in [0.1, 0.15) is 30.2 Å². The minimum absolute atomic E-state index is 0.0377. The number of ether oxygens (including phenoxy) is 3. The highest BCUT2D eigenvalue weighted by atomic mass is 16.7. The van der Waals surface area contributed by atoms with Gasteiger partial charge in [0, 0.05) is 27.6 Å². The molecule has 1 fully saturated rings. The van der Waals surface area contributed by atoms with Crippen LogP contribution in [0.4, 0.5) is 0 Å². The second-order valence-electron chi connectivity index (χ2n) is 10.2. The number of nitrogens with one attached hydrogen (secondary N) is 2. The van der Waals surface area contributed by atoms with Gasteiger partial charge in [0.25, 0.3) is 11.8 Å². The monoisotopic (exact) mass is 547 g/mol. The highest BCUT2D eigenvalue weighted by molar-refractivity contribution is 6.39. The molecule has 13 heteroatoms. The number of phenolic OH excluding ortho intramolecular Hbond substituents is 1. The van der Waals surface area contributed by atoms with Gasteiger partial charge in [-0.2, -0.15) is 0 Å². The number of fused-ring (bicyclic) bond motifs is 11. The number of rotatable bonds is 2. The number of imide groups is 1. The van der Waals surface area contributed by atoms with Crippen molar-refractivity contribution in [3.05, 3.63) is 41.5 Å². The molecule has 5 atom stereocenters. The predicted molar refractivity (Wildman–Crippen MR) is 137 cm³/mol. The van der Waals surface area contributed by atoms with Gasteiger partial charge in [-0.25, -0.2) is 0 Å². The molecule has 0 spiro atoms. The molecular formula is C27H21N3O10. The van der Waals surface area contributed by atoms with Crippen LogP contribution < -0.4 is 14.8 Å². The maximum absolute atomic E-state index is 13.3. The first-order chi connectivity index (χ1) is 19.3. The largest absolute Gasteiger partial charge is 0.508 e. The van der Waals surface area contributed by atoms with E-state index in [1.54, 1.807) is 22.8 Å². The third-order valence-corrected chi connectivity index (χ3v) is 8.07. The standard InChI is InChI=1S/C27H21N3O10/c31-6-15-22(33)23(34)24(35)27(40-15)30-12-2-1-8(32)3-10(12)17-19-18(25(36)29-26(19)37)16-9-4-13-14(39-7-38-13)5-11(9)28-20(16)21(17)30/h1-5,15,22-24,27-28,31-35H,6-7H2,(H,29,36,37)/t15-,22-,23+,24-,27?/m1/s1. The van der Waals surface area contributed by atoms with Crippen LogP contribution in [-0.2, 0) is 4.74 Å². The minimum Gasteiger partial charge on any atom is -0.508 e. The average molecular weight is 547 g/mol. The maximum Gasteiger partial charge on any atom is 0.259 e. The molecule has 5 aromatic rings. The quantitative estimate of drug-likeness (QED) is 0.155. The molecular weight excluding hydrogens is 526 g/mol. The Morgan fingerprint density at radius 2 is 1.62 bits per heavy atom. The zero-order valence-electron chi connectivity index (χ0n) is 20.4. The summed E-state index contributed by atoms with van der Waals surface area (Å²) in [5, 5.41) is 56.5. The van der Waals surface area contributed by atoms with Gasteiger partial charge in [0.2, 0.25) is 6.79 Å². The average Bonchev–Trinajstić information content (AvgIpc) is 3.68. The number of aromatic nitrogens is 2. The van der Waals surface area contributed by atoms with E-state index in [4.69, 9.17) is 14.2 Å². The van der Waals surface area contributed by atoms with Crippen LogP contribution in [0.1, 0.15) is 26.9 Å².